The molecule has 1 saturated heterocycles. The minimum absolute atomic E-state index is 0.128. The van der Waals surface area contributed by atoms with E-state index in [2.05, 4.69) is 37.1 Å². The Morgan fingerprint density at radius 1 is 1.36 bits per heavy atom. The molecule has 0 saturated carbocycles. The van der Waals surface area contributed by atoms with Gasteiger partial charge in [-0.15, -0.1) is 0 Å². The maximum Gasteiger partial charge on any atom is 0.258 e. The first-order chi connectivity index (χ1) is 12.1. The lowest BCUT2D eigenvalue weighted by molar-refractivity contribution is 0.0963. The fourth-order valence-electron chi connectivity index (χ4n) is 2.59. The highest BCUT2D eigenvalue weighted by Crippen LogP contribution is 2.31. The molecule has 3 heterocycles. The Morgan fingerprint density at radius 3 is 2.80 bits per heavy atom. The number of amides is 1. The molecule has 1 aliphatic rings. The second kappa shape index (κ2) is 7.75. The number of piperazine rings is 1. The van der Waals surface area contributed by atoms with Gasteiger partial charge in [-0.1, -0.05) is 11.8 Å². The Morgan fingerprint density at radius 2 is 2.12 bits per heavy atom. The molecule has 1 fully saturated rings. The Kier molecular flexibility index (Phi) is 5.44. The molecule has 1 aliphatic heterocycles. The zero-order valence-corrected chi connectivity index (χ0v) is 15.4. The van der Waals surface area contributed by atoms with E-state index in [0.29, 0.717) is 16.5 Å². The lowest BCUT2D eigenvalue weighted by atomic mass is 10.3. The number of H-pyrrole nitrogens is 1. The third kappa shape index (κ3) is 4.05. The molecule has 1 amide bonds. The van der Waals surface area contributed by atoms with Crippen LogP contribution in [-0.2, 0) is 0 Å². The van der Waals surface area contributed by atoms with Gasteiger partial charge in [0.2, 0.25) is 0 Å². The molecule has 9 heteroatoms. The Hall–Kier alpha value is -2.26. The van der Waals surface area contributed by atoms with Crippen LogP contribution in [0.3, 0.4) is 0 Å². The van der Waals surface area contributed by atoms with Crippen molar-refractivity contribution in [3.05, 3.63) is 24.0 Å². The van der Waals surface area contributed by atoms with E-state index in [4.69, 9.17) is 4.74 Å². The molecule has 0 unspecified atom stereocenters. The summed E-state index contributed by atoms with van der Waals surface area (Å²) >= 11 is 1.41. The highest BCUT2D eigenvalue weighted by molar-refractivity contribution is 7.99. The van der Waals surface area contributed by atoms with Gasteiger partial charge in [-0.3, -0.25) is 4.79 Å². The molecule has 0 spiro atoms. The molecular weight excluding hydrogens is 340 g/mol. The lowest BCUT2D eigenvalue weighted by Crippen LogP contribution is -2.45. The fourth-order valence-corrected chi connectivity index (χ4v) is 3.36. The van der Waals surface area contributed by atoms with Gasteiger partial charge in [0.1, 0.15) is 5.03 Å². The number of carbonyl (C=O) groups is 1. The van der Waals surface area contributed by atoms with Crippen molar-refractivity contribution in [1.82, 2.24) is 25.2 Å². The summed E-state index contributed by atoms with van der Waals surface area (Å²) in [4.78, 5) is 28.3. The van der Waals surface area contributed by atoms with E-state index in [0.717, 1.165) is 37.0 Å². The average molecular weight is 362 g/mol. The molecule has 3 rings (SSSR count). The SMILES string of the molecule is CNC(=O)c1c[nH]c(Sc2cnc(N3CCN(C)CC3)c(OC)n2)c1. The zero-order chi connectivity index (χ0) is 17.8. The van der Waals surface area contributed by atoms with Crippen molar-refractivity contribution < 1.29 is 9.53 Å². The van der Waals surface area contributed by atoms with Crippen LogP contribution in [0.5, 0.6) is 5.88 Å². The number of hydrogen-bond acceptors (Lipinski definition) is 7. The predicted molar refractivity (Wildman–Crippen MR) is 96.6 cm³/mol. The van der Waals surface area contributed by atoms with Crippen molar-refractivity contribution in [2.75, 3.05) is 52.3 Å². The van der Waals surface area contributed by atoms with Crippen LogP contribution in [0.1, 0.15) is 10.4 Å². The molecular formula is C16H22N6O2S. The van der Waals surface area contributed by atoms with Crippen molar-refractivity contribution >= 4 is 23.5 Å². The second-order valence-corrected chi connectivity index (χ2v) is 6.83. The van der Waals surface area contributed by atoms with Gasteiger partial charge in [-0.2, -0.15) is 0 Å². The van der Waals surface area contributed by atoms with Crippen molar-refractivity contribution in [1.29, 1.82) is 0 Å². The number of hydrogen-bond donors (Lipinski definition) is 2. The maximum atomic E-state index is 11.6. The van der Waals surface area contributed by atoms with Crippen LogP contribution in [0.4, 0.5) is 5.82 Å². The molecule has 0 bridgehead atoms. The van der Waals surface area contributed by atoms with Crippen LogP contribution >= 0.6 is 11.8 Å². The second-order valence-electron chi connectivity index (χ2n) is 5.77. The van der Waals surface area contributed by atoms with Crippen molar-refractivity contribution in [3.8, 4) is 5.88 Å². The predicted octanol–water partition coefficient (Wildman–Crippen LogP) is 1.08. The van der Waals surface area contributed by atoms with E-state index < -0.39 is 0 Å². The summed E-state index contributed by atoms with van der Waals surface area (Å²) in [6.07, 6.45) is 3.41. The molecule has 0 atom stereocenters. The molecule has 8 nitrogen and oxygen atoms in total. The standard InChI is InChI=1S/C16H22N6O2S/c1-17-15(23)11-8-12(18-9-11)25-13-10-19-14(16(20-13)24-3)22-6-4-21(2)5-7-22/h8-10,18H,4-7H2,1-3H3,(H,17,23). The summed E-state index contributed by atoms with van der Waals surface area (Å²) in [6.45, 7) is 3.79. The Bertz CT molecular complexity index is 742. The quantitative estimate of drug-likeness (QED) is 0.823. The van der Waals surface area contributed by atoms with Crippen molar-refractivity contribution in [3.63, 3.8) is 0 Å². The largest absolute Gasteiger partial charge is 0.478 e. The number of methoxy groups -OCH3 is 1. The van der Waals surface area contributed by atoms with Gasteiger partial charge in [0, 0.05) is 39.4 Å². The number of aromatic nitrogens is 3. The van der Waals surface area contributed by atoms with Crippen LogP contribution in [0.2, 0.25) is 0 Å². The maximum absolute atomic E-state index is 11.6. The first-order valence-corrected chi connectivity index (χ1v) is 8.85. The molecule has 2 aromatic heterocycles. The molecule has 0 aromatic carbocycles. The van der Waals surface area contributed by atoms with Gasteiger partial charge >= 0.3 is 0 Å². The molecule has 134 valence electrons. The third-order valence-corrected chi connectivity index (χ3v) is 4.92. The summed E-state index contributed by atoms with van der Waals surface area (Å²) in [5.41, 5.74) is 0.582. The van der Waals surface area contributed by atoms with E-state index in [-0.39, 0.29) is 5.91 Å². The molecule has 25 heavy (non-hydrogen) atoms. The highest BCUT2D eigenvalue weighted by atomic mass is 32.2. The van der Waals surface area contributed by atoms with Gasteiger partial charge in [0.05, 0.1) is 23.9 Å². The van der Waals surface area contributed by atoms with Crippen LogP contribution < -0.4 is 15.0 Å². The van der Waals surface area contributed by atoms with Gasteiger partial charge in [-0.25, -0.2) is 9.97 Å². The number of ether oxygens (including phenoxy) is 1. The Balaban J connectivity index is 1.75. The molecule has 0 radical (unpaired) electrons. The summed E-state index contributed by atoms with van der Waals surface area (Å²) in [5.74, 6) is 1.17. The van der Waals surface area contributed by atoms with Crippen molar-refractivity contribution in [2.24, 2.45) is 0 Å². The minimum Gasteiger partial charge on any atom is -0.478 e. The van der Waals surface area contributed by atoms with Crippen LogP contribution in [0.15, 0.2) is 28.5 Å². The summed E-state index contributed by atoms with van der Waals surface area (Å²) in [6, 6.07) is 1.78. The minimum atomic E-state index is -0.128. The zero-order valence-electron chi connectivity index (χ0n) is 14.6. The van der Waals surface area contributed by atoms with Gasteiger partial charge in [0.15, 0.2) is 5.82 Å². The number of rotatable bonds is 5. The normalized spacial score (nSPS) is 15.2. The molecule has 2 aromatic rings. The first-order valence-electron chi connectivity index (χ1n) is 8.03. The third-order valence-electron chi connectivity index (χ3n) is 4.06. The monoisotopic (exact) mass is 362 g/mol. The molecule has 0 aliphatic carbocycles. The van der Waals surface area contributed by atoms with Gasteiger partial charge < -0.3 is 24.8 Å². The molecule has 2 N–H and O–H groups in total. The number of likely N-dealkylation sites (N-methyl/N-ethyl adjacent to an activating group) is 1. The fraction of sp³-hybridized carbons (Fsp3) is 0.438. The van der Waals surface area contributed by atoms with Gasteiger partial charge in [0.25, 0.3) is 11.8 Å². The number of anilines is 1. The van der Waals surface area contributed by atoms with E-state index >= 15 is 0 Å². The topological polar surface area (TPSA) is 86.4 Å². The summed E-state index contributed by atoms with van der Waals surface area (Å²) in [5, 5.41) is 4.13. The van der Waals surface area contributed by atoms with E-state index in [9.17, 15) is 4.79 Å². The van der Waals surface area contributed by atoms with E-state index in [1.807, 2.05) is 0 Å². The summed E-state index contributed by atoms with van der Waals surface area (Å²) < 4.78 is 5.45. The number of aromatic amines is 1. The Labute approximate surface area is 151 Å². The van der Waals surface area contributed by atoms with Crippen molar-refractivity contribution in [2.45, 2.75) is 10.1 Å². The lowest BCUT2D eigenvalue weighted by Gasteiger charge is -2.33. The number of carbonyl (C=O) groups excluding carboxylic acids is 1. The number of nitrogens with zero attached hydrogens (tertiary/aromatic N) is 4. The van der Waals surface area contributed by atoms with E-state index in [1.165, 1.54) is 11.8 Å². The van der Waals surface area contributed by atoms with E-state index in [1.54, 1.807) is 32.6 Å². The van der Waals surface area contributed by atoms with Gasteiger partial charge in [-0.05, 0) is 13.1 Å². The average Bonchev–Trinajstić information content (AvgIpc) is 3.10. The summed E-state index contributed by atoms with van der Waals surface area (Å²) in [7, 11) is 5.33. The number of nitrogens with one attached hydrogen (secondary N) is 2. The smallest absolute Gasteiger partial charge is 0.258 e. The highest BCUT2D eigenvalue weighted by Gasteiger charge is 2.20. The first kappa shape index (κ1) is 17.6. The van der Waals surface area contributed by atoms with Crippen LogP contribution in [0, 0.1) is 0 Å². The van der Waals surface area contributed by atoms with Crippen LogP contribution in [-0.4, -0.2) is 73.1 Å². The van der Waals surface area contributed by atoms with Crippen LogP contribution in [0.25, 0.3) is 0 Å².